The molecule has 1 aromatic heterocycles. The van der Waals surface area contributed by atoms with Crippen LogP contribution in [0.3, 0.4) is 0 Å². The molecule has 0 radical (unpaired) electrons. The molecule has 0 aliphatic rings. The number of carbonyl (C=O) groups is 1. The van der Waals surface area contributed by atoms with Crippen molar-refractivity contribution < 1.29 is 9.53 Å². The number of benzene rings is 1. The molecule has 0 spiro atoms. The molecule has 14 heavy (non-hydrogen) atoms. The van der Waals surface area contributed by atoms with E-state index in [4.69, 9.17) is 4.74 Å². The van der Waals surface area contributed by atoms with E-state index >= 15 is 0 Å². The first-order valence-corrected chi connectivity index (χ1v) is 5.92. The lowest BCUT2D eigenvalue weighted by molar-refractivity contribution is 0.112. The number of halogens is 1. The second-order valence-electron chi connectivity index (χ2n) is 2.76. The molecule has 2 nitrogen and oxygen atoms in total. The van der Waals surface area contributed by atoms with E-state index in [9.17, 15) is 4.79 Å². The van der Waals surface area contributed by atoms with Crippen molar-refractivity contribution >= 4 is 50.3 Å². The molecular weight excluding hydrogens is 311 g/mol. The third kappa shape index (κ3) is 1.42. The number of aldehydes is 1. The molecule has 0 saturated heterocycles. The Hall–Kier alpha value is -0.620. The topological polar surface area (TPSA) is 26.3 Å². The van der Waals surface area contributed by atoms with Crippen molar-refractivity contribution in [1.29, 1.82) is 0 Å². The lowest BCUT2D eigenvalue weighted by Gasteiger charge is -2.06. The molecule has 0 bridgehead atoms. The number of hydrogen-bond acceptors (Lipinski definition) is 3. The van der Waals surface area contributed by atoms with Crippen LogP contribution in [-0.2, 0) is 0 Å². The van der Waals surface area contributed by atoms with Crippen molar-refractivity contribution in [3.8, 4) is 5.75 Å². The second kappa shape index (κ2) is 3.86. The highest BCUT2D eigenvalue weighted by Crippen LogP contribution is 2.35. The molecule has 0 fully saturated rings. The number of rotatable bonds is 2. The predicted molar refractivity (Wildman–Crippen MR) is 66.5 cm³/mol. The van der Waals surface area contributed by atoms with Crippen LogP contribution in [0.1, 0.15) is 10.4 Å². The molecule has 0 aliphatic carbocycles. The Morgan fingerprint density at radius 2 is 2.36 bits per heavy atom. The molecule has 0 N–H and O–H groups in total. The summed E-state index contributed by atoms with van der Waals surface area (Å²) in [6.45, 7) is 0. The average molecular weight is 318 g/mol. The van der Waals surface area contributed by atoms with E-state index < -0.39 is 0 Å². The average Bonchev–Trinajstić information content (AvgIpc) is 2.62. The van der Waals surface area contributed by atoms with E-state index in [1.54, 1.807) is 18.4 Å². The van der Waals surface area contributed by atoms with Gasteiger partial charge in [0.2, 0.25) is 0 Å². The molecule has 0 aliphatic heterocycles. The van der Waals surface area contributed by atoms with Gasteiger partial charge in [0.1, 0.15) is 5.75 Å². The Bertz CT molecular complexity index is 490. The van der Waals surface area contributed by atoms with Gasteiger partial charge in [0, 0.05) is 13.7 Å². The molecule has 0 unspecified atom stereocenters. The Morgan fingerprint density at radius 3 is 3.00 bits per heavy atom. The second-order valence-corrected chi connectivity index (χ2v) is 4.87. The van der Waals surface area contributed by atoms with Crippen molar-refractivity contribution in [3.63, 3.8) is 0 Å². The van der Waals surface area contributed by atoms with Gasteiger partial charge < -0.3 is 4.74 Å². The highest BCUT2D eigenvalue weighted by Gasteiger charge is 2.12. The van der Waals surface area contributed by atoms with Crippen molar-refractivity contribution in [3.05, 3.63) is 26.6 Å². The summed E-state index contributed by atoms with van der Waals surface area (Å²) in [5.41, 5.74) is 0.638. The van der Waals surface area contributed by atoms with E-state index in [0.717, 1.165) is 19.9 Å². The zero-order valence-electron chi connectivity index (χ0n) is 7.41. The quantitative estimate of drug-likeness (QED) is 0.627. The molecule has 0 atom stereocenters. The van der Waals surface area contributed by atoms with E-state index in [2.05, 4.69) is 22.6 Å². The minimum absolute atomic E-state index is 0.638. The van der Waals surface area contributed by atoms with Crippen LogP contribution in [0.2, 0.25) is 0 Å². The van der Waals surface area contributed by atoms with Gasteiger partial charge in [-0.2, -0.15) is 0 Å². The van der Waals surface area contributed by atoms with Crippen LogP contribution in [0.15, 0.2) is 17.5 Å². The van der Waals surface area contributed by atoms with Gasteiger partial charge in [-0.1, -0.05) is 0 Å². The Labute approximate surface area is 99.0 Å². The van der Waals surface area contributed by atoms with Gasteiger partial charge in [-0.3, -0.25) is 4.79 Å². The van der Waals surface area contributed by atoms with Crippen LogP contribution in [0.5, 0.6) is 5.75 Å². The number of fused-ring (bicyclic) bond motifs is 1. The lowest BCUT2D eigenvalue weighted by atomic mass is 10.1. The Kier molecular flexibility index (Phi) is 2.73. The summed E-state index contributed by atoms with van der Waals surface area (Å²) in [5, 5.41) is 3.01. The number of methoxy groups -OCH3 is 1. The third-order valence-corrected chi connectivity index (χ3v) is 3.78. The zero-order valence-corrected chi connectivity index (χ0v) is 10.4. The van der Waals surface area contributed by atoms with Crippen LogP contribution in [0.25, 0.3) is 10.1 Å². The number of thiophene rings is 1. The summed E-state index contributed by atoms with van der Waals surface area (Å²) in [4.78, 5) is 10.9. The first kappa shape index (κ1) is 9.92. The maximum absolute atomic E-state index is 10.9. The fourth-order valence-corrected chi connectivity index (χ4v) is 3.12. The minimum Gasteiger partial charge on any atom is -0.495 e. The maximum Gasteiger partial charge on any atom is 0.154 e. The molecule has 1 aromatic carbocycles. The fourth-order valence-electron chi connectivity index (χ4n) is 1.40. The molecule has 1 heterocycles. The summed E-state index contributed by atoms with van der Waals surface area (Å²) in [5.74, 6) is 0.683. The number of hydrogen-bond donors (Lipinski definition) is 0. The highest BCUT2D eigenvalue weighted by atomic mass is 127. The molecule has 2 aromatic rings. The summed E-state index contributed by atoms with van der Waals surface area (Å²) in [7, 11) is 1.59. The fraction of sp³-hybridized carbons (Fsp3) is 0.100. The monoisotopic (exact) mass is 318 g/mol. The summed E-state index contributed by atoms with van der Waals surface area (Å²) >= 11 is 3.80. The van der Waals surface area contributed by atoms with Gasteiger partial charge in [-0.05, 0) is 40.1 Å². The van der Waals surface area contributed by atoms with Crippen molar-refractivity contribution in [2.45, 2.75) is 0 Å². The summed E-state index contributed by atoms with van der Waals surface area (Å²) in [6, 6.07) is 3.98. The number of carbonyl (C=O) groups excluding carboxylic acids is 1. The zero-order chi connectivity index (χ0) is 10.1. The molecule has 0 saturated carbocycles. The standard InChI is InChI=1S/C10H7IO2S/c1-13-10-6-2-3-14-9(6)4-8(11)7(10)5-12/h2-5H,1H3. The van der Waals surface area contributed by atoms with Gasteiger partial charge in [0.05, 0.1) is 12.7 Å². The lowest BCUT2D eigenvalue weighted by Crippen LogP contribution is -1.93. The van der Waals surface area contributed by atoms with Gasteiger partial charge in [0.15, 0.2) is 6.29 Å². The summed E-state index contributed by atoms with van der Waals surface area (Å²) in [6.07, 6.45) is 0.845. The molecule has 72 valence electrons. The predicted octanol–water partition coefficient (Wildman–Crippen LogP) is 3.33. The molecular formula is C10H7IO2S. The maximum atomic E-state index is 10.9. The number of ether oxygens (including phenoxy) is 1. The molecule has 2 rings (SSSR count). The van der Waals surface area contributed by atoms with Gasteiger partial charge in [0.25, 0.3) is 0 Å². The van der Waals surface area contributed by atoms with E-state index in [0.29, 0.717) is 11.3 Å². The van der Waals surface area contributed by atoms with Gasteiger partial charge in [-0.15, -0.1) is 11.3 Å². The van der Waals surface area contributed by atoms with Crippen molar-refractivity contribution in [2.75, 3.05) is 7.11 Å². The van der Waals surface area contributed by atoms with Crippen LogP contribution >= 0.6 is 33.9 Å². The van der Waals surface area contributed by atoms with Crippen LogP contribution in [0.4, 0.5) is 0 Å². The van der Waals surface area contributed by atoms with Gasteiger partial charge >= 0.3 is 0 Å². The SMILES string of the molecule is COc1c(C=O)c(I)cc2sccc12. The third-order valence-electron chi connectivity index (χ3n) is 2.02. The van der Waals surface area contributed by atoms with Crippen molar-refractivity contribution in [2.24, 2.45) is 0 Å². The van der Waals surface area contributed by atoms with E-state index in [1.165, 1.54) is 0 Å². The largest absolute Gasteiger partial charge is 0.495 e. The van der Waals surface area contributed by atoms with E-state index in [1.807, 2.05) is 17.5 Å². The highest BCUT2D eigenvalue weighted by molar-refractivity contribution is 14.1. The normalized spacial score (nSPS) is 10.4. The minimum atomic E-state index is 0.638. The van der Waals surface area contributed by atoms with Crippen LogP contribution in [-0.4, -0.2) is 13.4 Å². The first-order valence-electron chi connectivity index (χ1n) is 3.96. The van der Waals surface area contributed by atoms with E-state index in [-0.39, 0.29) is 0 Å². The van der Waals surface area contributed by atoms with Crippen LogP contribution in [0, 0.1) is 3.57 Å². The Morgan fingerprint density at radius 1 is 1.57 bits per heavy atom. The van der Waals surface area contributed by atoms with Gasteiger partial charge in [-0.25, -0.2) is 0 Å². The van der Waals surface area contributed by atoms with Crippen LogP contribution < -0.4 is 4.74 Å². The van der Waals surface area contributed by atoms with Crippen molar-refractivity contribution in [1.82, 2.24) is 0 Å². The molecule has 4 heteroatoms. The summed E-state index contributed by atoms with van der Waals surface area (Å²) < 4.78 is 7.34. The molecule has 0 amide bonds. The first-order chi connectivity index (χ1) is 6.77. The smallest absolute Gasteiger partial charge is 0.154 e. The Balaban J connectivity index is 2.88.